The molecule has 4 aliphatic rings. The number of fused-ring (bicyclic) bond motifs is 2. The molecule has 1 unspecified atom stereocenters. The molecule has 4 fully saturated rings. The van der Waals surface area contributed by atoms with Crippen LogP contribution in [-0.4, -0.2) is 54.5 Å². The summed E-state index contributed by atoms with van der Waals surface area (Å²) in [6.45, 7) is 4.30. The van der Waals surface area contributed by atoms with Gasteiger partial charge in [-0.2, -0.15) is 0 Å². The van der Waals surface area contributed by atoms with Gasteiger partial charge < -0.3 is 4.90 Å². The SMILES string of the molecule is FC(F)CN1CCCC12CN1CCC2CC1. The van der Waals surface area contributed by atoms with Crippen LogP contribution in [0.1, 0.15) is 25.7 Å². The van der Waals surface area contributed by atoms with Crippen molar-refractivity contribution in [3.8, 4) is 0 Å². The Hall–Kier alpha value is -0.220. The Balaban J connectivity index is 1.80. The zero-order valence-corrected chi connectivity index (χ0v) is 9.67. The van der Waals surface area contributed by atoms with E-state index < -0.39 is 6.43 Å². The van der Waals surface area contributed by atoms with Crippen molar-refractivity contribution in [3.63, 3.8) is 0 Å². The number of halogens is 2. The molecule has 0 aromatic carbocycles. The molecule has 16 heavy (non-hydrogen) atoms. The van der Waals surface area contributed by atoms with Gasteiger partial charge in [0.15, 0.2) is 0 Å². The zero-order valence-electron chi connectivity index (χ0n) is 9.67. The number of rotatable bonds is 2. The van der Waals surface area contributed by atoms with E-state index in [9.17, 15) is 8.78 Å². The Morgan fingerprint density at radius 2 is 1.94 bits per heavy atom. The van der Waals surface area contributed by atoms with Crippen LogP contribution in [0.5, 0.6) is 0 Å². The van der Waals surface area contributed by atoms with Gasteiger partial charge in [-0.05, 0) is 51.2 Å². The number of hydrogen-bond acceptors (Lipinski definition) is 2. The zero-order chi connectivity index (χ0) is 11.2. The summed E-state index contributed by atoms with van der Waals surface area (Å²) in [7, 11) is 0. The van der Waals surface area contributed by atoms with E-state index in [-0.39, 0.29) is 12.1 Å². The molecule has 0 saturated carbocycles. The van der Waals surface area contributed by atoms with Gasteiger partial charge in [-0.1, -0.05) is 0 Å². The van der Waals surface area contributed by atoms with E-state index >= 15 is 0 Å². The first-order valence-corrected chi connectivity index (χ1v) is 6.46. The van der Waals surface area contributed by atoms with Gasteiger partial charge in [-0.3, -0.25) is 4.90 Å². The van der Waals surface area contributed by atoms with Gasteiger partial charge in [0.2, 0.25) is 0 Å². The third-order valence-electron chi connectivity index (χ3n) is 4.87. The van der Waals surface area contributed by atoms with E-state index in [0.29, 0.717) is 5.92 Å². The van der Waals surface area contributed by atoms with Gasteiger partial charge in [-0.15, -0.1) is 0 Å². The van der Waals surface area contributed by atoms with E-state index in [1.807, 2.05) is 0 Å². The molecule has 0 aliphatic carbocycles. The maximum atomic E-state index is 12.6. The first kappa shape index (κ1) is 10.9. The highest BCUT2D eigenvalue weighted by atomic mass is 19.3. The van der Waals surface area contributed by atoms with Crippen molar-refractivity contribution in [2.75, 3.05) is 32.7 Å². The number of hydrogen-bond donors (Lipinski definition) is 0. The maximum absolute atomic E-state index is 12.6. The molecule has 2 bridgehead atoms. The van der Waals surface area contributed by atoms with Gasteiger partial charge in [0.1, 0.15) is 0 Å². The molecular formula is C12H20F2N2. The van der Waals surface area contributed by atoms with E-state index in [2.05, 4.69) is 9.80 Å². The van der Waals surface area contributed by atoms with Gasteiger partial charge in [-0.25, -0.2) is 8.78 Å². The fourth-order valence-electron chi connectivity index (χ4n) is 4.18. The number of likely N-dealkylation sites (tertiary alicyclic amines) is 1. The molecule has 0 aromatic heterocycles. The molecule has 0 amide bonds. The summed E-state index contributed by atoms with van der Waals surface area (Å²) in [5.41, 5.74) is 0.118. The summed E-state index contributed by atoms with van der Waals surface area (Å²) in [5.74, 6) is 0.679. The maximum Gasteiger partial charge on any atom is 0.251 e. The highest BCUT2D eigenvalue weighted by Crippen LogP contribution is 2.45. The smallest absolute Gasteiger partial charge is 0.251 e. The largest absolute Gasteiger partial charge is 0.301 e. The lowest BCUT2D eigenvalue weighted by Gasteiger charge is -2.55. The molecule has 4 aliphatic heterocycles. The Morgan fingerprint density at radius 3 is 2.50 bits per heavy atom. The topological polar surface area (TPSA) is 6.48 Å². The third-order valence-corrected chi connectivity index (χ3v) is 4.87. The van der Waals surface area contributed by atoms with Gasteiger partial charge in [0, 0.05) is 12.1 Å². The lowest BCUT2D eigenvalue weighted by Crippen LogP contribution is -2.65. The van der Waals surface area contributed by atoms with Gasteiger partial charge >= 0.3 is 0 Å². The van der Waals surface area contributed by atoms with Crippen LogP contribution in [0.25, 0.3) is 0 Å². The molecule has 0 N–H and O–H groups in total. The Morgan fingerprint density at radius 1 is 1.19 bits per heavy atom. The van der Waals surface area contributed by atoms with Crippen LogP contribution in [-0.2, 0) is 0 Å². The molecule has 2 nitrogen and oxygen atoms in total. The normalized spacial score (nSPS) is 43.7. The number of alkyl halides is 2. The van der Waals surface area contributed by atoms with E-state index in [0.717, 1.165) is 25.9 Å². The predicted octanol–water partition coefficient (Wildman–Crippen LogP) is 1.81. The summed E-state index contributed by atoms with van der Waals surface area (Å²) in [5, 5.41) is 0. The second-order valence-electron chi connectivity index (χ2n) is 5.59. The molecule has 0 radical (unpaired) electrons. The van der Waals surface area contributed by atoms with E-state index in [1.165, 1.54) is 25.9 Å². The highest BCUT2D eigenvalue weighted by molar-refractivity contribution is 5.08. The van der Waals surface area contributed by atoms with Crippen molar-refractivity contribution in [3.05, 3.63) is 0 Å². The lowest BCUT2D eigenvalue weighted by atomic mass is 9.71. The minimum atomic E-state index is -2.18. The summed E-state index contributed by atoms with van der Waals surface area (Å²) < 4.78 is 25.2. The van der Waals surface area contributed by atoms with Crippen molar-refractivity contribution >= 4 is 0 Å². The molecule has 0 aromatic rings. The standard InChI is InChI=1S/C12H20F2N2/c13-11(14)8-16-5-1-4-12(16)9-15-6-2-10(12)3-7-15/h10-11H,1-9H2. The first-order chi connectivity index (χ1) is 7.71. The molecule has 4 heteroatoms. The molecule has 92 valence electrons. The van der Waals surface area contributed by atoms with Crippen LogP contribution < -0.4 is 0 Å². The second-order valence-corrected chi connectivity index (χ2v) is 5.59. The lowest BCUT2D eigenvalue weighted by molar-refractivity contribution is -0.0674. The summed E-state index contributed by atoms with van der Waals surface area (Å²) >= 11 is 0. The van der Waals surface area contributed by atoms with Crippen LogP contribution in [0.2, 0.25) is 0 Å². The Bertz CT molecular complexity index is 264. The number of piperidine rings is 3. The van der Waals surface area contributed by atoms with Crippen LogP contribution in [0, 0.1) is 5.92 Å². The molecular weight excluding hydrogens is 210 g/mol. The second kappa shape index (κ2) is 3.91. The minimum Gasteiger partial charge on any atom is -0.301 e. The quantitative estimate of drug-likeness (QED) is 0.714. The average molecular weight is 230 g/mol. The molecule has 1 atom stereocenters. The van der Waals surface area contributed by atoms with E-state index in [4.69, 9.17) is 0 Å². The van der Waals surface area contributed by atoms with Crippen LogP contribution in [0.15, 0.2) is 0 Å². The van der Waals surface area contributed by atoms with Crippen LogP contribution >= 0.6 is 0 Å². The monoisotopic (exact) mass is 230 g/mol. The van der Waals surface area contributed by atoms with Crippen molar-refractivity contribution in [2.24, 2.45) is 5.92 Å². The van der Waals surface area contributed by atoms with E-state index in [1.54, 1.807) is 0 Å². The van der Waals surface area contributed by atoms with Gasteiger partial charge in [0.25, 0.3) is 6.43 Å². The third kappa shape index (κ3) is 1.58. The molecule has 1 spiro atoms. The van der Waals surface area contributed by atoms with Crippen molar-refractivity contribution < 1.29 is 8.78 Å². The van der Waals surface area contributed by atoms with Crippen LogP contribution in [0.4, 0.5) is 8.78 Å². The van der Waals surface area contributed by atoms with Crippen LogP contribution in [0.3, 0.4) is 0 Å². The minimum absolute atomic E-state index is 0.00958. The molecule has 4 saturated heterocycles. The summed E-state index contributed by atoms with van der Waals surface area (Å²) in [4.78, 5) is 4.58. The van der Waals surface area contributed by atoms with Crippen molar-refractivity contribution in [1.82, 2.24) is 9.80 Å². The summed E-state index contributed by atoms with van der Waals surface area (Å²) in [6, 6.07) is 0. The molecule has 4 rings (SSSR count). The summed E-state index contributed by atoms with van der Waals surface area (Å²) in [6.07, 6.45) is 2.52. The van der Waals surface area contributed by atoms with Crippen molar-refractivity contribution in [1.29, 1.82) is 0 Å². The molecule has 4 heterocycles. The van der Waals surface area contributed by atoms with Crippen molar-refractivity contribution in [2.45, 2.75) is 37.6 Å². The first-order valence-electron chi connectivity index (χ1n) is 6.46. The Labute approximate surface area is 95.6 Å². The highest BCUT2D eigenvalue weighted by Gasteiger charge is 2.52. The Kier molecular flexibility index (Phi) is 2.67. The number of nitrogens with zero attached hydrogens (tertiary/aromatic N) is 2. The fraction of sp³-hybridized carbons (Fsp3) is 1.00. The average Bonchev–Trinajstić information content (AvgIpc) is 2.62. The van der Waals surface area contributed by atoms with Gasteiger partial charge in [0.05, 0.1) is 6.54 Å². The predicted molar refractivity (Wildman–Crippen MR) is 58.7 cm³/mol. The fourth-order valence-corrected chi connectivity index (χ4v) is 4.18.